The maximum absolute atomic E-state index is 6.10. The van der Waals surface area contributed by atoms with Crippen LogP contribution in [0, 0.1) is 0 Å². The van der Waals surface area contributed by atoms with Crippen LogP contribution < -0.4 is 5.73 Å². The maximum atomic E-state index is 6.10. The highest BCUT2D eigenvalue weighted by Crippen LogP contribution is 2.22. The van der Waals surface area contributed by atoms with Gasteiger partial charge in [-0.05, 0) is 40.1 Å². The molecule has 1 aromatic heterocycles. The fraction of sp³-hybridized carbons (Fsp3) is 0.0909. The number of nitrogens with two attached hydrogens (primary N) is 1. The standard InChI is InChI=1S/C11H10BrNS.ClH/c12-10-3-1-8(2-4-10)11(13)9-5-6-14-7-9;/h1-7,11H,13H2;1H/t11-;/m0./s1. The summed E-state index contributed by atoms with van der Waals surface area (Å²) in [5.41, 5.74) is 8.43. The predicted molar refractivity (Wildman–Crippen MR) is 71.7 cm³/mol. The normalized spacial score (nSPS) is 11.9. The zero-order valence-electron chi connectivity index (χ0n) is 7.89. The van der Waals surface area contributed by atoms with Gasteiger partial charge in [-0.3, -0.25) is 0 Å². The van der Waals surface area contributed by atoms with Gasteiger partial charge < -0.3 is 5.73 Å². The zero-order valence-corrected chi connectivity index (χ0v) is 11.1. The van der Waals surface area contributed by atoms with Crippen molar-refractivity contribution in [1.82, 2.24) is 0 Å². The first kappa shape index (κ1) is 12.7. The van der Waals surface area contributed by atoms with Crippen LogP contribution in [0.4, 0.5) is 0 Å². The second kappa shape index (κ2) is 5.66. The molecule has 0 aliphatic heterocycles. The summed E-state index contributed by atoms with van der Waals surface area (Å²) >= 11 is 5.08. The monoisotopic (exact) mass is 303 g/mol. The minimum absolute atomic E-state index is 0. The molecular formula is C11H11BrClNS. The summed E-state index contributed by atoms with van der Waals surface area (Å²) in [5.74, 6) is 0. The van der Waals surface area contributed by atoms with E-state index in [9.17, 15) is 0 Å². The van der Waals surface area contributed by atoms with Crippen molar-refractivity contribution < 1.29 is 0 Å². The summed E-state index contributed by atoms with van der Waals surface area (Å²) in [7, 11) is 0. The maximum Gasteiger partial charge on any atom is 0.0559 e. The summed E-state index contributed by atoms with van der Waals surface area (Å²) < 4.78 is 1.08. The van der Waals surface area contributed by atoms with Crippen molar-refractivity contribution in [1.29, 1.82) is 0 Å². The quantitative estimate of drug-likeness (QED) is 0.892. The lowest BCUT2D eigenvalue weighted by atomic mass is 10.0. The molecule has 2 aromatic rings. The third kappa shape index (κ3) is 3.05. The van der Waals surface area contributed by atoms with Gasteiger partial charge in [-0.2, -0.15) is 11.3 Å². The molecule has 80 valence electrons. The molecule has 0 aliphatic carbocycles. The Balaban J connectivity index is 0.00000112. The molecule has 1 nitrogen and oxygen atoms in total. The van der Waals surface area contributed by atoms with E-state index in [0.717, 1.165) is 10.0 Å². The number of benzene rings is 1. The van der Waals surface area contributed by atoms with Gasteiger partial charge in [-0.15, -0.1) is 12.4 Å². The molecule has 0 aliphatic rings. The lowest BCUT2D eigenvalue weighted by Crippen LogP contribution is -2.10. The number of halogens is 2. The largest absolute Gasteiger partial charge is 0.320 e. The topological polar surface area (TPSA) is 26.0 Å². The van der Waals surface area contributed by atoms with E-state index in [0.29, 0.717) is 0 Å². The second-order valence-electron chi connectivity index (χ2n) is 3.09. The molecule has 0 saturated heterocycles. The van der Waals surface area contributed by atoms with Gasteiger partial charge >= 0.3 is 0 Å². The zero-order chi connectivity index (χ0) is 9.97. The summed E-state index contributed by atoms with van der Waals surface area (Å²) in [4.78, 5) is 0. The molecule has 2 rings (SSSR count). The highest BCUT2D eigenvalue weighted by atomic mass is 79.9. The van der Waals surface area contributed by atoms with Gasteiger partial charge in [0.2, 0.25) is 0 Å². The van der Waals surface area contributed by atoms with Crippen molar-refractivity contribution in [2.24, 2.45) is 5.73 Å². The molecule has 1 atom stereocenters. The predicted octanol–water partition coefficient (Wildman–Crippen LogP) is 3.98. The molecule has 0 spiro atoms. The molecule has 0 fully saturated rings. The van der Waals surface area contributed by atoms with Crippen molar-refractivity contribution in [3.05, 3.63) is 56.7 Å². The van der Waals surface area contributed by atoms with Crippen molar-refractivity contribution in [2.75, 3.05) is 0 Å². The third-order valence-corrected chi connectivity index (χ3v) is 3.36. The third-order valence-electron chi connectivity index (χ3n) is 2.13. The summed E-state index contributed by atoms with van der Waals surface area (Å²) in [6.07, 6.45) is 0. The van der Waals surface area contributed by atoms with Gasteiger partial charge in [0.1, 0.15) is 0 Å². The van der Waals surface area contributed by atoms with Gasteiger partial charge in [0, 0.05) is 4.47 Å². The van der Waals surface area contributed by atoms with Gasteiger partial charge in [0.25, 0.3) is 0 Å². The number of hydrogen-bond donors (Lipinski definition) is 1. The Morgan fingerprint density at radius 1 is 1.07 bits per heavy atom. The van der Waals surface area contributed by atoms with Crippen molar-refractivity contribution in [3.63, 3.8) is 0 Å². The SMILES string of the molecule is Cl.N[C@@H](c1ccc(Br)cc1)c1ccsc1. The lowest BCUT2D eigenvalue weighted by Gasteiger charge is -2.09. The Kier molecular flexibility index (Phi) is 4.80. The van der Waals surface area contributed by atoms with Gasteiger partial charge in [0.05, 0.1) is 6.04 Å². The van der Waals surface area contributed by atoms with Gasteiger partial charge in [-0.1, -0.05) is 28.1 Å². The molecule has 1 heterocycles. The first-order valence-electron chi connectivity index (χ1n) is 4.30. The average molecular weight is 305 g/mol. The highest BCUT2D eigenvalue weighted by Gasteiger charge is 2.08. The first-order chi connectivity index (χ1) is 6.77. The van der Waals surface area contributed by atoms with Crippen LogP contribution in [0.2, 0.25) is 0 Å². The summed E-state index contributed by atoms with van der Waals surface area (Å²) in [6.45, 7) is 0. The van der Waals surface area contributed by atoms with E-state index < -0.39 is 0 Å². The van der Waals surface area contributed by atoms with Gasteiger partial charge in [-0.25, -0.2) is 0 Å². The van der Waals surface area contributed by atoms with Crippen LogP contribution in [0.5, 0.6) is 0 Å². The van der Waals surface area contributed by atoms with Crippen LogP contribution in [0.25, 0.3) is 0 Å². The molecule has 0 saturated carbocycles. The average Bonchev–Trinajstić information content (AvgIpc) is 2.71. The number of rotatable bonds is 2. The molecule has 15 heavy (non-hydrogen) atoms. The fourth-order valence-corrected chi connectivity index (χ4v) is 2.28. The first-order valence-corrected chi connectivity index (χ1v) is 6.04. The van der Waals surface area contributed by atoms with Crippen LogP contribution in [-0.4, -0.2) is 0 Å². The Labute approximate surface area is 108 Å². The Hall–Kier alpha value is -0.350. The van der Waals surface area contributed by atoms with E-state index in [1.807, 2.05) is 29.6 Å². The number of thiophene rings is 1. The fourth-order valence-electron chi connectivity index (χ4n) is 1.31. The van der Waals surface area contributed by atoms with E-state index in [-0.39, 0.29) is 18.4 Å². The molecule has 4 heteroatoms. The van der Waals surface area contributed by atoms with Crippen molar-refractivity contribution >= 4 is 39.7 Å². The molecule has 0 bridgehead atoms. The molecule has 0 amide bonds. The van der Waals surface area contributed by atoms with E-state index in [2.05, 4.69) is 27.4 Å². The van der Waals surface area contributed by atoms with Gasteiger partial charge in [0.15, 0.2) is 0 Å². The molecular weight excluding hydrogens is 294 g/mol. The van der Waals surface area contributed by atoms with Crippen LogP contribution in [0.3, 0.4) is 0 Å². The van der Waals surface area contributed by atoms with E-state index in [1.165, 1.54) is 5.56 Å². The smallest absolute Gasteiger partial charge is 0.0559 e. The van der Waals surface area contributed by atoms with Crippen LogP contribution in [0.1, 0.15) is 17.2 Å². The molecule has 0 radical (unpaired) electrons. The molecule has 1 aromatic carbocycles. The van der Waals surface area contributed by atoms with E-state index in [4.69, 9.17) is 5.73 Å². The van der Waals surface area contributed by atoms with Crippen molar-refractivity contribution in [2.45, 2.75) is 6.04 Å². The second-order valence-corrected chi connectivity index (χ2v) is 4.78. The van der Waals surface area contributed by atoms with Crippen LogP contribution in [-0.2, 0) is 0 Å². The minimum atomic E-state index is -0.00523. The summed E-state index contributed by atoms with van der Waals surface area (Å²) in [6, 6.07) is 10.2. The Morgan fingerprint density at radius 3 is 2.27 bits per heavy atom. The van der Waals surface area contributed by atoms with Crippen LogP contribution in [0.15, 0.2) is 45.6 Å². The highest BCUT2D eigenvalue weighted by molar-refractivity contribution is 9.10. The van der Waals surface area contributed by atoms with Crippen LogP contribution >= 0.6 is 39.7 Å². The minimum Gasteiger partial charge on any atom is -0.320 e. The lowest BCUT2D eigenvalue weighted by molar-refractivity contribution is 0.876. The molecule has 2 N–H and O–H groups in total. The number of hydrogen-bond acceptors (Lipinski definition) is 2. The Morgan fingerprint density at radius 2 is 1.73 bits per heavy atom. The Bertz CT molecular complexity index is 399. The van der Waals surface area contributed by atoms with Crippen molar-refractivity contribution in [3.8, 4) is 0 Å². The molecule has 0 unspecified atom stereocenters. The summed E-state index contributed by atoms with van der Waals surface area (Å²) in [5, 5.41) is 4.14. The van der Waals surface area contributed by atoms with E-state index in [1.54, 1.807) is 11.3 Å². The van der Waals surface area contributed by atoms with E-state index >= 15 is 0 Å².